The Balaban J connectivity index is 1.97. The Bertz CT molecular complexity index is 314. The van der Waals surface area contributed by atoms with E-state index in [-0.39, 0.29) is 0 Å². The van der Waals surface area contributed by atoms with Crippen LogP contribution in [0.5, 0.6) is 0 Å². The van der Waals surface area contributed by atoms with Gasteiger partial charge in [-0.05, 0) is 56.8 Å². The van der Waals surface area contributed by atoms with Crippen LogP contribution in [-0.2, 0) is 11.2 Å². The predicted octanol–water partition coefficient (Wildman–Crippen LogP) is 3.20. The van der Waals surface area contributed by atoms with Gasteiger partial charge in [0.05, 0.1) is 6.10 Å². The van der Waals surface area contributed by atoms with Crippen LogP contribution in [0, 0.1) is 0 Å². The first-order valence-corrected chi connectivity index (χ1v) is 7.42. The third-order valence-corrected chi connectivity index (χ3v) is 3.10. The summed E-state index contributed by atoms with van der Waals surface area (Å²) in [7, 11) is 0. The smallest absolute Gasteiger partial charge is 0.0547 e. The number of nitrogens with one attached hydrogen (secondary N) is 1. The maximum Gasteiger partial charge on any atom is 0.0547 e. The lowest BCUT2D eigenvalue weighted by Crippen LogP contribution is -2.24. The minimum absolute atomic E-state index is 0.367. The second-order valence-corrected chi connectivity index (χ2v) is 5.39. The van der Waals surface area contributed by atoms with Crippen molar-refractivity contribution < 1.29 is 4.74 Å². The fraction of sp³-hybridized carbons (Fsp3) is 0.688. The van der Waals surface area contributed by atoms with Crippen LogP contribution in [0.4, 0.5) is 0 Å². The highest BCUT2D eigenvalue weighted by atomic mass is 16.5. The summed E-state index contributed by atoms with van der Waals surface area (Å²) in [5.41, 5.74) is 1.34. The number of hydrogen-bond donors (Lipinski definition) is 1. The standard InChI is InChI=1S/C16H28N2O/c1-14(2)18-10-4-6-15(3)19-13-5-7-16-8-11-17-12-9-16/h8-9,11-12,14-15,18H,4-7,10,13H2,1-3H3. The quantitative estimate of drug-likeness (QED) is 0.659. The molecule has 108 valence electrons. The molecule has 1 N–H and O–H groups in total. The molecule has 19 heavy (non-hydrogen) atoms. The van der Waals surface area contributed by atoms with Gasteiger partial charge in [0.25, 0.3) is 0 Å². The molecule has 1 heterocycles. The van der Waals surface area contributed by atoms with Crippen LogP contribution >= 0.6 is 0 Å². The van der Waals surface area contributed by atoms with Crippen molar-refractivity contribution in [2.45, 2.75) is 58.6 Å². The highest BCUT2D eigenvalue weighted by Gasteiger charge is 2.02. The van der Waals surface area contributed by atoms with Gasteiger partial charge >= 0.3 is 0 Å². The van der Waals surface area contributed by atoms with Crippen molar-refractivity contribution in [3.63, 3.8) is 0 Å². The first-order chi connectivity index (χ1) is 9.18. The van der Waals surface area contributed by atoms with E-state index < -0.39 is 0 Å². The third kappa shape index (κ3) is 8.73. The van der Waals surface area contributed by atoms with Crippen LogP contribution in [0.3, 0.4) is 0 Å². The van der Waals surface area contributed by atoms with Crippen LogP contribution in [-0.4, -0.2) is 30.3 Å². The summed E-state index contributed by atoms with van der Waals surface area (Å²) in [6.45, 7) is 8.46. The number of nitrogens with zero attached hydrogens (tertiary/aromatic N) is 1. The summed E-state index contributed by atoms with van der Waals surface area (Å²) in [5.74, 6) is 0. The van der Waals surface area contributed by atoms with E-state index in [1.54, 1.807) is 0 Å². The molecule has 0 radical (unpaired) electrons. The van der Waals surface area contributed by atoms with Crippen molar-refractivity contribution in [1.82, 2.24) is 10.3 Å². The van der Waals surface area contributed by atoms with Gasteiger partial charge in [0.1, 0.15) is 0 Å². The predicted molar refractivity (Wildman–Crippen MR) is 80.3 cm³/mol. The molecular formula is C16H28N2O. The zero-order valence-corrected chi connectivity index (χ0v) is 12.6. The lowest BCUT2D eigenvalue weighted by molar-refractivity contribution is 0.0574. The molecule has 0 aliphatic carbocycles. The molecule has 1 rings (SSSR count). The largest absolute Gasteiger partial charge is 0.378 e. The first-order valence-electron chi connectivity index (χ1n) is 7.42. The van der Waals surface area contributed by atoms with Crippen molar-refractivity contribution in [3.05, 3.63) is 30.1 Å². The van der Waals surface area contributed by atoms with E-state index in [0.717, 1.165) is 32.4 Å². The van der Waals surface area contributed by atoms with Gasteiger partial charge in [0.15, 0.2) is 0 Å². The molecule has 1 atom stereocenters. The number of pyridine rings is 1. The van der Waals surface area contributed by atoms with Crippen molar-refractivity contribution >= 4 is 0 Å². The SMILES string of the molecule is CC(C)NCCCC(C)OCCCc1ccncc1. The topological polar surface area (TPSA) is 34.1 Å². The van der Waals surface area contributed by atoms with Gasteiger partial charge in [-0.1, -0.05) is 13.8 Å². The molecule has 0 saturated carbocycles. The van der Waals surface area contributed by atoms with Crippen LogP contribution in [0.25, 0.3) is 0 Å². The molecule has 0 saturated heterocycles. The molecule has 3 heteroatoms. The highest BCUT2D eigenvalue weighted by Crippen LogP contribution is 2.05. The summed E-state index contributed by atoms with van der Waals surface area (Å²) in [6, 6.07) is 4.72. The number of rotatable bonds is 10. The van der Waals surface area contributed by atoms with E-state index >= 15 is 0 Å². The number of ether oxygens (including phenoxy) is 1. The monoisotopic (exact) mass is 264 g/mol. The zero-order chi connectivity index (χ0) is 13.9. The summed E-state index contributed by atoms with van der Waals surface area (Å²) in [4.78, 5) is 4.02. The lowest BCUT2D eigenvalue weighted by Gasteiger charge is -2.14. The van der Waals surface area contributed by atoms with Gasteiger partial charge in [-0.2, -0.15) is 0 Å². The van der Waals surface area contributed by atoms with Crippen LogP contribution in [0.15, 0.2) is 24.5 Å². The minimum atomic E-state index is 0.367. The Morgan fingerprint density at radius 2 is 1.89 bits per heavy atom. The molecule has 0 aromatic carbocycles. The Labute approximate surface area is 117 Å². The summed E-state index contributed by atoms with van der Waals surface area (Å²) in [6.07, 6.45) is 8.54. The molecule has 0 aliphatic rings. The maximum absolute atomic E-state index is 5.83. The molecule has 1 aromatic rings. The summed E-state index contributed by atoms with van der Waals surface area (Å²) >= 11 is 0. The van der Waals surface area contributed by atoms with Crippen molar-refractivity contribution in [1.29, 1.82) is 0 Å². The maximum atomic E-state index is 5.83. The fourth-order valence-electron chi connectivity index (χ4n) is 1.97. The highest BCUT2D eigenvalue weighted by molar-refractivity contribution is 5.09. The number of aryl methyl sites for hydroxylation is 1. The van der Waals surface area contributed by atoms with E-state index in [1.807, 2.05) is 12.4 Å². The van der Waals surface area contributed by atoms with Crippen LogP contribution in [0.1, 0.15) is 45.6 Å². The normalized spacial score (nSPS) is 12.8. The van der Waals surface area contributed by atoms with Crippen molar-refractivity contribution in [2.75, 3.05) is 13.2 Å². The van der Waals surface area contributed by atoms with Gasteiger partial charge in [-0.15, -0.1) is 0 Å². The van der Waals surface area contributed by atoms with Gasteiger partial charge in [0.2, 0.25) is 0 Å². The van der Waals surface area contributed by atoms with Crippen LogP contribution in [0.2, 0.25) is 0 Å². The number of hydrogen-bond acceptors (Lipinski definition) is 3. The molecule has 0 bridgehead atoms. The molecule has 0 spiro atoms. The van der Waals surface area contributed by atoms with Gasteiger partial charge < -0.3 is 10.1 Å². The van der Waals surface area contributed by atoms with Crippen LogP contribution < -0.4 is 5.32 Å². The zero-order valence-electron chi connectivity index (χ0n) is 12.6. The molecular weight excluding hydrogens is 236 g/mol. The van der Waals surface area contributed by atoms with Gasteiger partial charge in [0, 0.05) is 25.0 Å². The average molecular weight is 264 g/mol. The molecule has 0 amide bonds. The van der Waals surface area contributed by atoms with Gasteiger partial charge in [-0.3, -0.25) is 4.98 Å². The molecule has 1 unspecified atom stereocenters. The van der Waals surface area contributed by atoms with E-state index in [2.05, 4.69) is 43.2 Å². The van der Waals surface area contributed by atoms with Crippen molar-refractivity contribution in [2.24, 2.45) is 0 Å². The second-order valence-electron chi connectivity index (χ2n) is 5.39. The Morgan fingerprint density at radius 1 is 1.16 bits per heavy atom. The van der Waals surface area contributed by atoms with E-state index in [0.29, 0.717) is 12.1 Å². The van der Waals surface area contributed by atoms with E-state index in [4.69, 9.17) is 4.74 Å². The average Bonchev–Trinajstić information content (AvgIpc) is 2.41. The first kappa shape index (κ1) is 16.1. The van der Waals surface area contributed by atoms with E-state index in [9.17, 15) is 0 Å². The Hall–Kier alpha value is -0.930. The summed E-state index contributed by atoms with van der Waals surface area (Å²) in [5, 5.41) is 3.43. The Morgan fingerprint density at radius 3 is 2.58 bits per heavy atom. The molecule has 0 aliphatic heterocycles. The van der Waals surface area contributed by atoms with E-state index in [1.165, 1.54) is 12.0 Å². The fourth-order valence-corrected chi connectivity index (χ4v) is 1.97. The molecule has 0 fully saturated rings. The number of aromatic nitrogens is 1. The minimum Gasteiger partial charge on any atom is -0.378 e. The molecule has 3 nitrogen and oxygen atoms in total. The van der Waals surface area contributed by atoms with Crippen molar-refractivity contribution in [3.8, 4) is 0 Å². The molecule has 1 aromatic heterocycles. The van der Waals surface area contributed by atoms with Gasteiger partial charge in [-0.25, -0.2) is 0 Å². The lowest BCUT2D eigenvalue weighted by atomic mass is 10.1. The second kappa shape index (κ2) is 9.93. The third-order valence-electron chi connectivity index (χ3n) is 3.10. The summed E-state index contributed by atoms with van der Waals surface area (Å²) < 4.78 is 5.83. The Kier molecular flexibility index (Phi) is 8.43.